The average Bonchev–Trinajstić information content (AvgIpc) is 2.54. The van der Waals surface area contributed by atoms with Crippen molar-refractivity contribution in [2.24, 2.45) is 0 Å². The number of rotatable bonds is 4. The van der Waals surface area contributed by atoms with E-state index in [4.69, 9.17) is 9.96 Å². The first kappa shape index (κ1) is 17.7. The first-order valence-electron chi connectivity index (χ1n) is 6.54. The standard InChI is InChI=1S/C8H11.3C2H4O2.Ti/c1-6-4-5-7(2)8(6)3;3*1-2(3)4;/h4H2,1-3H3;3*1H3,(H,3,4);/q;;;;+3/p-3. The van der Waals surface area contributed by atoms with E-state index >= 15 is 0 Å². The Hall–Kier alpha value is -1.40. The molecule has 0 atom stereocenters. The molecule has 0 unspecified atom stereocenters. The quantitative estimate of drug-likeness (QED) is 0.736. The summed E-state index contributed by atoms with van der Waals surface area (Å²) in [4.78, 5) is 34.4. The van der Waals surface area contributed by atoms with Crippen molar-refractivity contribution in [3.05, 3.63) is 20.6 Å². The third kappa shape index (κ3) is 4.05. The Labute approximate surface area is 128 Å². The molecular weight excluding hydrogens is 312 g/mol. The molecule has 0 bridgehead atoms. The zero-order valence-electron chi connectivity index (χ0n) is 13.2. The zero-order chi connectivity index (χ0) is 16.4. The Kier molecular flexibility index (Phi) is 5.53. The molecule has 116 valence electrons. The molecule has 0 aromatic rings. The normalized spacial score (nSPS) is 15.1. The molecule has 0 saturated heterocycles. The Morgan fingerprint density at radius 3 is 1.43 bits per heavy atom. The van der Waals surface area contributed by atoms with E-state index in [1.165, 1.54) is 20.8 Å². The summed E-state index contributed by atoms with van der Waals surface area (Å²) in [7, 11) is 0. The number of hydrogen-bond donors (Lipinski definition) is 0. The second-order valence-electron chi connectivity index (χ2n) is 5.02. The molecule has 0 aromatic heterocycles. The molecule has 0 aliphatic heterocycles. The second-order valence-corrected chi connectivity index (χ2v) is 8.66. The second kappa shape index (κ2) is 6.58. The predicted octanol–water partition coefficient (Wildman–Crippen LogP) is 2.59. The topological polar surface area (TPSA) is 78.9 Å². The molecule has 0 aromatic carbocycles. The maximum absolute atomic E-state index is 11.5. The molecule has 0 spiro atoms. The van der Waals surface area contributed by atoms with Gasteiger partial charge in [0.15, 0.2) is 0 Å². The molecule has 0 N–H and O–H groups in total. The van der Waals surface area contributed by atoms with Gasteiger partial charge in [0.05, 0.1) is 0 Å². The van der Waals surface area contributed by atoms with Crippen LogP contribution in [-0.4, -0.2) is 17.9 Å². The summed E-state index contributed by atoms with van der Waals surface area (Å²) in [5, 5.41) is 0. The van der Waals surface area contributed by atoms with Gasteiger partial charge in [0, 0.05) is 0 Å². The van der Waals surface area contributed by atoms with E-state index in [9.17, 15) is 14.4 Å². The summed E-state index contributed by atoms with van der Waals surface area (Å²) in [6.45, 7) is 9.31. The molecule has 0 fully saturated rings. The fourth-order valence-electron chi connectivity index (χ4n) is 2.23. The van der Waals surface area contributed by atoms with Crippen molar-refractivity contribution in [3.8, 4) is 0 Å². The van der Waals surface area contributed by atoms with E-state index in [-0.39, 0.29) is 0 Å². The van der Waals surface area contributed by atoms with Crippen LogP contribution in [0, 0.1) is 0 Å². The Balaban J connectivity index is 3.38. The van der Waals surface area contributed by atoms with Crippen LogP contribution in [0.5, 0.6) is 0 Å². The van der Waals surface area contributed by atoms with E-state index in [0.717, 1.165) is 16.7 Å². The van der Waals surface area contributed by atoms with Crippen LogP contribution in [-0.2, 0) is 42.1 Å². The monoisotopic (exact) mass is 332 g/mol. The average molecular weight is 332 g/mol. The zero-order valence-corrected chi connectivity index (χ0v) is 14.7. The van der Waals surface area contributed by atoms with Crippen LogP contribution in [0.25, 0.3) is 0 Å². The minimum atomic E-state index is -4.53. The fourth-order valence-corrected chi connectivity index (χ4v) is 6.54. The van der Waals surface area contributed by atoms with Gasteiger partial charge in [-0.3, -0.25) is 0 Å². The molecule has 1 aliphatic rings. The Morgan fingerprint density at radius 2 is 1.19 bits per heavy atom. The van der Waals surface area contributed by atoms with Gasteiger partial charge in [0.2, 0.25) is 0 Å². The van der Waals surface area contributed by atoms with Crippen molar-refractivity contribution >= 4 is 17.9 Å². The number of allylic oxidation sites excluding steroid dienone is 4. The van der Waals surface area contributed by atoms with E-state index in [2.05, 4.69) is 0 Å². The summed E-state index contributed by atoms with van der Waals surface area (Å²) in [5.74, 6) is -1.92. The SMILES string of the molecule is CC(=O)[O][Ti]([O]C(C)=O)([O]C(C)=O)[C]1=C(C)C(C)=C(C)C1. The molecule has 0 heterocycles. The summed E-state index contributed by atoms with van der Waals surface area (Å²) in [5.41, 5.74) is 2.96. The van der Waals surface area contributed by atoms with Crippen molar-refractivity contribution in [2.75, 3.05) is 0 Å². The predicted molar refractivity (Wildman–Crippen MR) is 71.0 cm³/mol. The van der Waals surface area contributed by atoms with E-state index in [1.807, 2.05) is 20.8 Å². The third-order valence-electron chi connectivity index (χ3n) is 3.30. The van der Waals surface area contributed by atoms with Crippen LogP contribution >= 0.6 is 0 Å². The minimum absolute atomic E-state index is 0.478. The van der Waals surface area contributed by atoms with Crippen LogP contribution in [0.1, 0.15) is 48.0 Å². The van der Waals surface area contributed by atoms with Gasteiger partial charge in [-0.25, -0.2) is 0 Å². The van der Waals surface area contributed by atoms with E-state index < -0.39 is 35.7 Å². The molecule has 1 aliphatic carbocycles. The van der Waals surface area contributed by atoms with Gasteiger partial charge >= 0.3 is 129 Å². The van der Waals surface area contributed by atoms with Gasteiger partial charge < -0.3 is 0 Å². The third-order valence-corrected chi connectivity index (χ3v) is 7.92. The van der Waals surface area contributed by atoms with E-state index in [1.54, 1.807) is 0 Å². The maximum atomic E-state index is 11.5. The van der Waals surface area contributed by atoms with Crippen LogP contribution in [0.4, 0.5) is 0 Å². The summed E-state index contributed by atoms with van der Waals surface area (Å²) >= 11 is -4.53. The van der Waals surface area contributed by atoms with Crippen molar-refractivity contribution in [1.82, 2.24) is 0 Å². The molecular formula is C14H20O6Ti. The Morgan fingerprint density at radius 1 is 0.810 bits per heavy atom. The number of hydrogen-bond acceptors (Lipinski definition) is 6. The van der Waals surface area contributed by atoms with Gasteiger partial charge in [0.1, 0.15) is 0 Å². The van der Waals surface area contributed by atoms with Gasteiger partial charge in [-0.15, -0.1) is 0 Å². The van der Waals surface area contributed by atoms with Gasteiger partial charge in [-0.05, 0) is 0 Å². The van der Waals surface area contributed by atoms with Crippen LogP contribution in [0.2, 0.25) is 0 Å². The number of carbonyl (C=O) groups is 3. The summed E-state index contributed by atoms with van der Waals surface area (Å²) < 4.78 is 16.5. The first-order chi connectivity index (χ1) is 9.59. The fraction of sp³-hybridized carbons (Fsp3) is 0.500. The summed E-state index contributed by atoms with van der Waals surface area (Å²) in [6, 6.07) is 0. The molecule has 0 saturated carbocycles. The van der Waals surface area contributed by atoms with Gasteiger partial charge in [-0.1, -0.05) is 0 Å². The van der Waals surface area contributed by atoms with Crippen molar-refractivity contribution in [3.63, 3.8) is 0 Å². The van der Waals surface area contributed by atoms with Crippen molar-refractivity contribution < 1.29 is 42.1 Å². The number of carbonyl (C=O) groups excluding carboxylic acids is 3. The van der Waals surface area contributed by atoms with Crippen LogP contribution < -0.4 is 0 Å². The van der Waals surface area contributed by atoms with Crippen molar-refractivity contribution in [2.45, 2.75) is 48.0 Å². The molecule has 21 heavy (non-hydrogen) atoms. The van der Waals surface area contributed by atoms with Crippen LogP contribution in [0.15, 0.2) is 20.6 Å². The van der Waals surface area contributed by atoms with Gasteiger partial charge in [-0.2, -0.15) is 0 Å². The molecule has 1 rings (SSSR count). The van der Waals surface area contributed by atoms with Crippen molar-refractivity contribution in [1.29, 1.82) is 0 Å². The molecule has 6 nitrogen and oxygen atoms in total. The van der Waals surface area contributed by atoms with Gasteiger partial charge in [0.25, 0.3) is 0 Å². The molecule has 7 heteroatoms. The van der Waals surface area contributed by atoms with Crippen LogP contribution in [0.3, 0.4) is 0 Å². The first-order valence-corrected chi connectivity index (χ1v) is 9.24. The molecule has 0 radical (unpaired) electrons. The Bertz CT molecular complexity index is 517. The summed E-state index contributed by atoms with van der Waals surface area (Å²) in [6.07, 6.45) is 0.478. The van der Waals surface area contributed by atoms with E-state index in [0.29, 0.717) is 10.3 Å². The molecule has 0 amide bonds.